The highest BCUT2D eigenvalue weighted by molar-refractivity contribution is 6.30. The van der Waals surface area contributed by atoms with Crippen LogP contribution in [0.5, 0.6) is 0 Å². The van der Waals surface area contributed by atoms with Gasteiger partial charge in [-0.1, -0.05) is 17.7 Å². The van der Waals surface area contributed by atoms with Crippen LogP contribution < -0.4 is 5.43 Å². The van der Waals surface area contributed by atoms with E-state index >= 15 is 0 Å². The molecule has 8 heteroatoms. The Kier molecular flexibility index (Phi) is 3.77. The standard InChI is InChI=1S/C13H9ClN2O5/c1-6-9(12(18)19)11(17)10(13(20)21)15-16(6)8-4-2-3-7(14)5-8/h2-5H,1H3,(H,18,19)(H,20,21). The summed E-state index contributed by atoms with van der Waals surface area (Å²) >= 11 is 5.85. The van der Waals surface area contributed by atoms with Crippen molar-refractivity contribution < 1.29 is 19.8 Å². The zero-order valence-corrected chi connectivity index (χ0v) is 11.5. The Balaban J connectivity index is 2.87. The average Bonchev–Trinajstić information content (AvgIpc) is 2.37. The van der Waals surface area contributed by atoms with Crippen LogP contribution in [0.15, 0.2) is 29.1 Å². The van der Waals surface area contributed by atoms with Crippen LogP contribution in [-0.2, 0) is 0 Å². The Labute approximate surface area is 123 Å². The third kappa shape index (κ3) is 2.63. The zero-order valence-electron chi connectivity index (χ0n) is 10.7. The van der Waals surface area contributed by atoms with Crippen LogP contribution >= 0.6 is 11.6 Å². The molecule has 0 atom stereocenters. The van der Waals surface area contributed by atoms with Crippen LogP contribution in [0.2, 0.25) is 5.02 Å². The number of aromatic nitrogens is 2. The summed E-state index contributed by atoms with van der Waals surface area (Å²) in [7, 11) is 0. The maximum Gasteiger partial charge on any atom is 0.360 e. The van der Waals surface area contributed by atoms with Crippen molar-refractivity contribution in [3.8, 4) is 5.69 Å². The van der Waals surface area contributed by atoms with Gasteiger partial charge in [0.1, 0.15) is 5.56 Å². The lowest BCUT2D eigenvalue weighted by Crippen LogP contribution is -2.29. The van der Waals surface area contributed by atoms with Crippen molar-refractivity contribution in [2.75, 3.05) is 0 Å². The summed E-state index contributed by atoms with van der Waals surface area (Å²) in [4.78, 5) is 34.1. The summed E-state index contributed by atoms with van der Waals surface area (Å²) in [6.45, 7) is 1.37. The predicted molar refractivity (Wildman–Crippen MR) is 73.5 cm³/mol. The van der Waals surface area contributed by atoms with E-state index in [2.05, 4.69) is 5.10 Å². The first-order valence-electron chi connectivity index (χ1n) is 5.69. The molecule has 0 saturated carbocycles. The lowest BCUT2D eigenvalue weighted by atomic mass is 10.1. The summed E-state index contributed by atoms with van der Waals surface area (Å²) < 4.78 is 1.07. The number of nitrogens with zero attached hydrogens (tertiary/aromatic N) is 2. The number of aromatic carboxylic acids is 2. The lowest BCUT2D eigenvalue weighted by Gasteiger charge is -2.12. The lowest BCUT2D eigenvalue weighted by molar-refractivity contribution is 0.0685. The molecule has 108 valence electrons. The molecule has 0 aliphatic rings. The second-order valence-corrected chi connectivity index (χ2v) is 4.58. The van der Waals surface area contributed by atoms with Crippen LogP contribution in [-0.4, -0.2) is 31.9 Å². The number of carboxylic acids is 2. The molecule has 2 rings (SSSR count). The van der Waals surface area contributed by atoms with Gasteiger partial charge in [0.25, 0.3) is 0 Å². The van der Waals surface area contributed by atoms with Crippen molar-refractivity contribution in [1.82, 2.24) is 9.78 Å². The fourth-order valence-corrected chi connectivity index (χ4v) is 2.04. The van der Waals surface area contributed by atoms with E-state index in [-0.39, 0.29) is 5.69 Å². The molecule has 0 unspecified atom stereocenters. The molecular formula is C13H9ClN2O5. The van der Waals surface area contributed by atoms with Crippen LogP contribution in [0.1, 0.15) is 26.5 Å². The van der Waals surface area contributed by atoms with E-state index in [4.69, 9.17) is 21.8 Å². The van der Waals surface area contributed by atoms with Gasteiger partial charge in [0.15, 0.2) is 0 Å². The Morgan fingerprint density at radius 1 is 1.24 bits per heavy atom. The van der Waals surface area contributed by atoms with Crippen molar-refractivity contribution in [1.29, 1.82) is 0 Å². The van der Waals surface area contributed by atoms with Gasteiger partial charge >= 0.3 is 11.9 Å². The normalized spacial score (nSPS) is 10.4. The van der Waals surface area contributed by atoms with Crippen molar-refractivity contribution in [2.45, 2.75) is 6.92 Å². The third-order valence-corrected chi connectivity index (χ3v) is 3.03. The number of hydrogen-bond acceptors (Lipinski definition) is 4. The molecule has 0 fully saturated rings. The molecular weight excluding hydrogens is 300 g/mol. The molecule has 0 aliphatic carbocycles. The van der Waals surface area contributed by atoms with E-state index in [9.17, 15) is 14.4 Å². The summed E-state index contributed by atoms with van der Waals surface area (Å²) in [5.41, 5.74) is -2.27. The number of carbonyl (C=O) groups is 2. The summed E-state index contributed by atoms with van der Waals surface area (Å²) in [6.07, 6.45) is 0. The third-order valence-electron chi connectivity index (χ3n) is 2.79. The van der Waals surface area contributed by atoms with Crippen molar-refractivity contribution in [2.24, 2.45) is 0 Å². The Bertz CT molecular complexity index is 813. The molecule has 0 saturated heterocycles. The average molecular weight is 309 g/mol. The highest BCUT2D eigenvalue weighted by Gasteiger charge is 2.24. The molecule has 2 N–H and O–H groups in total. The van der Waals surface area contributed by atoms with E-state index in [1.807, 2.05) is 0 Å². The van der Waals surface area contributed by atoms with Crippen LogP contribution in [0.25, 0.3) is 5.69 Å². The molecule has 7 nitrogen and oxygen atoms in total. The number of hydrogen-bond donors (Lipinski definition) is 2. The minimum atomic E-state index is -1.60. The second kappa shape index (κ2) is 5.37. The molecule has 0 aliphatic heterocycles. The van der Waals surface area contributed by atoms with E-state index in [0.717, 1.165) is 4.68 Å². The molecule has 1 aromatic heterocycles. The summed E-state index contributed by atoms with van der Waals surface area (Å²) in [5, 5.41) is 22.2. The predicted octanol–water partition coefficient (Wildman–Crippen LogP) is 1.59. The molecule has 0 bridgehead atoms. The number of rotatable bonds is 3. The summed E-state index contributed by atoms with van der Waals surface area (Å²) in [5.74, 6) is -3.11. The Morgan fingerprint density at radius 2 is 1.90 bits per heavy atom. The first-order chi connectivity index (χ1) is 9.82. The number of halogens is 1. The fraction of sp³-hybridized carbons (Fsp3) is 0.0769. The monoisotopic (exact) mass is 308 g/mol. The van der Waals surface area contributed by atoms with Gasteiger partial charge in [0.2, 0.25) is 11.1 Å². The topological polar surface area (TPSA) is 109 Å². The van der Waals surface area contributed by atoms with Gasteiger partial charge < -0.3 is 10.2 Å². The molecule has 0 radical (unpaired) electrons. The molecule has 2 aromatic rings. The van der Waals surface area contributed by atoms with E-state index in [0.29, 0.717) is 10.7 Å². The van der Waals surface area contributed by atoms with E-state index < -0.39 is 28.6 Å². The van der Waals surface area contributed by atoms with E-state index in [1.165, 1.54) is 13.0 Å². The van der Waals surface area contributed by atoms with Crippen molar-refractivity contribution in [3.05, 3.63) is 56.5 Å². The molecule has 1 heterocycles. The van der Waals surface area contributed by atoms with Crippen LogP contribution in [0.3, 0.4) is 0 Å². The Morgan fingerprint density at radius 3 is 2.43 bits per heavy atom. The fourth-order valence-electron chi connectivity index (χ4n) is 1.86. The van der Waals surface area contributed by atoms with Gasteiger partial charge in [-0.05, 0) is 25.1 Å². The maximum absolute atomic E-state index is 11.9. The first kappa shape index (κ1) is 14.7. The second-order valence-electron chi connectivity index (χ2n) is 4.14. The van der Waals surface area contributed by atoms with Gasteiger partial charge in [-0.25, -0.2) is 14.3 Å². The highest BCUT2D eigenvalue weighted by atomic mass is 35.5. The highest BCUT2D eigenvalue weighted by Crippen LogP contribution is 2.16. The zero-order chi connectivity index (χ0) is 15.7. The van der Waals surface area contributed by atoms with Gasteiger partial charge in [-0.15, -0.1) is 0 Å². The SMILES string of the molecule is Cc1c(C(=O)O)c(=O)c(C(=O)O)nn1-c1cccc(Cl)c1. The van der Waals surface area contributed by atoms with Gasteiger partial charge in [0.05, 0.1) is 11.4 Å². The maximum atomic E-state index is 11.9. The Hall–Kier alpha value is -2.67. The quantitative estimate of drug-likeness (QED) is 0.891. The minimum absolute atomic E-state index is 0.0137. The van der Waals surface area contributed by atoms with Gasteiger partial charge in [-0.3, -0.25) is 4.79 Å². The summed E-state index contributed by atoms with van der Waals surface area (Å²) in [6, 6.07) is 6.23. The minimum Gasteiger partial charge on any atom is -0.477 e. The molecule has 21 heavy (non-hydrogen) atoms. The van der Waals surface area contributed by atoms with Gasteiger partial charge in [0, 0.05) is 5.02 Å². The molecule has 1 aromatic carbocycles. The van der Waals surface area contributed by atoms with Crippen molar-refractivity contribution in [3.63, 3.8) is 0 Å². The smallest absolute Gasteiger partial charge is 0.360 e. The largest absolute Gasteiger partial charge is 0.477 e. The first-order valence-corrected chi connectivity index (χ1v) is 6.07. The van der Waals surface area contributed by atoms with Crippen molar-refractivity contribution >= 4 is 23.5 Å². The van der Waals surface area contributed by atoms with E-state index in [1.54, 1.807) is 18.2 Å². The molecule has 0 spiro atoms. The number of benzene rings is 1. The molecule has 0 amide bonds. The van der Waals surface area contributed by atoms with Gasteiger partial charge in [-0.2, -0.15) is 5.10 Å². The van der Waals surface area contributed by atoms with Crippen LogP contribution in [0.4, 0.5) is 0 Å². The van der Waals surface area contributed by atoms with Crippen LogP contribution in [0, 0.1) is 6.92 Å². The number of carboxylic acid groups (broad SMARTS) is 2.